The molecule has 108 valence electrons. The van der Waals surface area contributed by atoms with Crippen molar-refractivity contribution in [2.45, 2.75) is 51.2 Å². The van der Waals surface area contributed by atoms with Gasteiger partial charge < -0.3 is 5.32 Å². The second-order valence-corrected chi connectivity index (χ2v) is 7.43. The third kappa shape index (κ3) is 4.62. The van der Waals surface area contributed by atoms with E-state index >= 15 is 0 Å². The fraction of sp³-hybridized carbons (Fsp3) is 0.600. The molecule has 1 rings (SSSR count). The zero-order chi connectivity index (χ0) is 14.5. The Hall–Kier alpha value is -0.870. The average molecular weight is 283 g/mol. The molecule has 0 aliphatic rings. The summed E-state index contributed by atoms with van der Waals surface area (Å²) in [6, 6.07) is 7.74. The maximum atomic E-state index is 12.4. The summed E-state index contributed by atoms with van der Waals surface area (Å²) >= 11 is 0. The summed E-state index contributed by atoms with van der Waals surface area (Å²) in [7, 11) is -3.13. The molecule has 0 aliphatic heterocycles. The van der Waals surface area contributed by atoms with Crippen LogP contribution in [0.1, 0.15) is 38.3 Å². The van der Waals surface area contributed by atoms with Gasteiger partial charge in [-0.05, 0) is 32.4 Å². The predicted octanol–water partition coefficient (Wildman–Crippen LogP) is 2.69. The van der Waals surface area contributed by atoms with E-state index in [1.807, 2.05) is 52.0 Å². The second-order valence-electron chi connectivity index (χ2n) is 5.07. The van der Waals surface area contributed by atoms with Crippen LogP contribution in [0.15, 0.2) is 24.3 Å². The highest BCUT2D eigenvalue weighted by Gasteiger charge is 2.27. The Bertz CT molecular complexity index is 497. The maximum Gasteiger partial charge on any atom is 0.158 e. The third-order valence-electron chi connectivity index (χ3n) is 3.49. The molecular formula is C15H25NO2S. The van der Waals surface area contributed by atoms with Crippen LogP contribution < -0.4 is 5.32 Å². The monoisotopic (exact) mass is 283 g/mol. The number of nitrogens with one attached hydrogen (secondary N) is 1. The number of hydrogen-bond acceptors (Lipinski definition) is 3. The first kappa shape index (κ1) is 16.2. The quantitative estimate of drug-likeness (QED) is 0.837. The van der Waals surface area contributed by atoms with Crippen LogP contribution in [0, 0.1) is 6.92 Å². The lowest BCUT2D eigenvalue weighted by molar-refractivity contribution is 0.482. The van der Waals surface area contributed by atoms with Crippen LogP contribution in [0.25, 0.3) is 0 Å². The Morgan fingerprint density at radius 2 is 1.95 bits per heavy atom. The lowest BCUT2D eigenvalue weighted by Crippen LogP contribution is -2.42. The lowest BCUT2D eigenvalue weighted by Gasteiger charge is -2.23. The van der Waals surface area contributed by atoms with Crippen molar-refractivity contribution in [2.24, 2.45) is 0 Å². The summed E-state index contributed by atoms with van der Waals surface area (Å²) < 4.78 is 24.9. The molecule has 2 unspecified atom stereocenters. The first-order valence-corrected chi connectivity index (χ1v) is 8.62. The standard InChI is InChI=1S/C15H25NO2S/c1-5-15(16-6-2)13(4)19(17,18)11-14-9-7-8-12(3)10-14/h7-10,13,15-16H,5-6,11H2,1-4H3. The van der Waals surface area contributed by atoms with Crippen molar-refractivity contribution in [2.75, 3.05) is 6.54 Å². The molecule has 1 N–H and O–H groups in total. The van der Waals surface area contributed by atoms with E-state index in [-0.39, 0.29) is 17.0 Å². The van der Waals surface area contributed by atoms with Crippen molar-refractivity contribution in [3.63, 3.8) is 0 Å². The van der Waals surface area contributed by atoms with E-state index in [0.29, 0.717) is 0 Å². The average Bonchev–Trinajstić information content (AvgIpc) is 2.34. The van der Waals surface area contributed by atoms with Crippen LogP contribution >= 0.6 is 0 Å². The molecule has 2 atom stereocenters. The molecule has 0 bridgehead atoms. The molecule has 0 radical (unpaired) electrons. The number of hydrogen-bond donors (Lipinski definition) is 1. The SMILES string of the molecule is CCNC(CC)C(C)S(=O)(=O)Cc1cccc(C)c1. The minimum absolute atomic E-state index is 0.0276. The van der Waals surface area contributed by atoms with E-state index in [4.69, 9.17) is 0 Å². The van der Waals surface area contributed by atoms with Gasteiger partial charge in [-0.15, -0.1) is 0 Å². The van der Waals surface area contributed by atoms with Crippen LogP contribution in [0.5, 0.6) is 0 Å². The molecule has 3 nitrogen and oxygen atoms in total. The Labute approximate surface area is 117 Å². The molecule has 0 spiro atoms. The van der Waals surface area contributed by atoms with Gasteiger partial charge in [0, 0.05) is 6.04 Å². The molecular weight excluding hydrogens is 258 g/mol. The van der Waals surface area contributed by atoms with Crippen molar-refractivity contribution in [3.8, 4) is 0 Å². The van der Waals surface area contributed by atoms with Crippen molar-refractivity contribution in [3.05, 3.63) is 35.4 Å². The summed E-state index contributed by atoms with van der Waals surface area (Å²) in [6.07, 6.45) is 0.821. The third-order valence-corrected chi connectivity index (χ3v) is 5.69. The van der Waals surface area contributed by atoms with Gasteiger partial charge >= 0.3 is 0 Å². The molecule has 0 aromatic heterocycles. The number of benzene rings is 1. The fourth-order valence-electron chi connectivity index (χ4n) is 2.32. The van der Waals surface area contributed by atoms with E-state index in [0.717, 1.165) is 24.1 Å². The Morgan fingerprint density at radius 3 is 2.47 bits per heavy atom. The van der Waals surface area contributed by atoms with Crippen molar-refractivity contribution in [1.82, 2.24) is 5.32 Å². The van der Waals surface area contributed by atoms with Gasteiger partial charge in [0.05, 0.1) is 11.0 Å². The van der Waals surface area contributed by atoms with Crippen LogP contribution in [0.3, 0.4) is 0 Å². The summed E-state index contributed by atoms with van der Waals surface area (Å²) in [4.78, 5) is 0. The zero-order valence-corrected chi connectivity index (χ0v) is 13.1. The van der Waals surface area contributed by atoms with E-state index in [2.05, 4.69) is 5.32 Å². The summed E-state index contributed by atoms with van der Waals surface area (Å²) in [6.45, 7) is 8.60. The smallest absolute Gasteiger partial charge is 0.158 e. The molecule has 0 amide bonds. The fourth-order valence-corrected chi connectivity index (χ4v) is 4.02. The number of aryl methyl sites for hydroxylation is 1. The van der Waals surface area contributed by atoms with Crippen LogP contribution in [-0.2, 0) is 15.6 Å². The first-order chi connectivity index (χ1) is 8.90. The van der Waals surface area contributed by atoms with Gasteiger partial charge in [0.25, 0.3) is 0 Å². The zero-order valence-electron chi connectivity index (χ0n) is 12.3. The van der Waals surface area contributed by atoms with Gasteiger partial charge in [0.15, 0.2) is 9.84 Å². The molecule has 0 heterocycles. The summed E-state index contributed by atoms with van der Waals surface area (Å²) in [5.74, 6) is 0.123. The largest absolute Gasteiger partial charge is 0.313 e. The summed E-state index contributed by atoms with van der Waals surface area (Å²) in [5.41, 5.74) is 1.97. The molecule has 19 heavy (non-hydrogen) atoms. The van der Waals surface area contributed by atoms with Crippen LogP contribution in [0.4, 0.5) is 0 Å². The van der Waals surface area contributed by atoms with Crippen LogP contribution in [0.2, 0.25) is 0 Å². The highest BCUT2D eigenvalue weighted by molar-refractivity contribution is 7.91. The molecule has 1 aromatic rings. The topological polar surface area (TPSA) is 46.2 Å². The predicted molar refractivity (Wildman–Crippen MR) is 81.0 cm³/mol. The lowest BCUT2D eigenvalue weighted by atomic mass is 10.1. The van der Waals surface area contributed by atoms with Crippen molar-refractivity contribution < 1.29 is 8.42 Å². The van der Waals surface area contributed by atoms with Gasteiger partial charge in [-0.25, -0.2) is 8.42 Å². The molecule has 1 aromatic carbocycles. The van der Waals surface area contributed by atoms with Crippen molar-refractivity contribution in [1.29, 1.82) is 0 Å². The molecule has 0 aliphatic carbocycles. The highest BCUT2D eigenvalue weighted by atomic mass is 32.2. The van der Waals surface area contributed by atoms with Gasteiger partial charge in [-0.1, -0.05) is 43.7 Å². The second kappa shape index (κ2) is 7.06. The Kier molecular flexibility index (Phi) is 6.01. The number of rotatable bonds is 7. The van der Waals surface area contributed by atoms with E-state index < -0.39 is 9.84 Å². The summed E-state index contributed by atoms with van der Waals surface area (Å²) in [5, 5.41) is 2.89. The molecule has 0 saturated heterocycles. The maximum absolute atomic E-state index is 12.4. The molecule has 4 heteroatoms. The van der Waals surface area contributed by atoms with Gasteiger partial charge in [0.2, 0.25) is 0 Å². The van der Waals surface area contributed by atoms with E-state index in [1.165, 1.54) is 0 Å². The van der Waals surface area contributed by atoms with Gasteiger partial charge in [-0.2, -0.15) is 0 Å². The minimum atomic E-state index is -3.13. The Balaban J connectivity index is 2.85. The van der Waals surface area contributed by atoms with Gasteiger partial charge in [0.1, 0.15) is 0 Å². The highest BCUT2D eigenvalue weighted by Crippen LogP contribution is 2.16. The number of sulfone groups is 1. The first-order valence-electron chi connectivity index (χ1n) is 6.91. The van der Waals surface area contributed by atoms with Crippen molar-refractivity contribution >= 4 is 9.84 Å². The molecule has 0 saturated carbocycles. The molecule has 0 fully saturated rings. The Morgan fingerprint density at radius 1 is 1.26 bits per heavy atom. The normalized spacial score (nSPS) is 15.2. The van der Waals surface area contributed by atoms with E-state index in [9.17, 15) is 8.42 Å². The van der Waals surface area contributed by atoms with Crippen LogP contribution in [-0.4, -0.2) is 26.3 Å². The van der Waals surface area contributed by atoms with E-state index in [1.54, 1.807) is 0 Å². The van der Waals surface area contributed by atoms with Gasteiger partial charge in [-0.3, -0.25) is 0 Å². The minimum Gasteiger partial charge on any atom is -0.313 e.